The van der Waals surface area contributed by atoms with Crippen LogP contribution in [0.3, 0.4) is 0 Å². The van der Waals surface area contributed by atoms with Crippen LogP contribution in [0.25, 0.3) is 0 Å². The van der Waals surface area contributed by atoms with Gasteiger partial charge in [0.2, 0.25) is 0 Å². The summed E-state index contributed by atoms with van der Waals surface area (Å²) >= 11 is 0. The minimum absolute atomic E-state index is 0.268. The van der Waals surface area contributed by atoms with Crippen molar-refractivity contribution in [1.29, 1.82) is 5.26 Å². The van der Waals surface area contributed by atoms with Gasteiger partial charge in [-0.25, -0.2) is 0 Å². The maximum absolute atomic E-state index is 11.9. The zero-order valence-electron chi connectivity index (χ0n) is 8.68. The molecule has 0 saturated heterocycles. The fourth-order valence-electron chi connectivity index (χ4n) is 1.91. The smallest absolute Gasteiger partial charge is 0.346 e. The molecule has 0 aromatic rings. The number of rotatable bonds is 2. The highest BCUT2D eigenvalue weighted by Crippen LogP contribution is 2.27. The Morgan fingerprint density at radius 3 is 2.31 bits per heavy atom. The van der Waals surface area contributed by atoms with Crippen LogP contribution < -0.4 is 5.32 Å². The first-order valence-corrected chi connectivity index (χ1v) is 5.18. The Morgan fingerprint density at radius 2 is 1.88 bits per heavy atom. The molecule has 1 aliphatic carbocycles. The van der Waals surface area contributed by atoms with Crippen molar-refractivity contribution in [1.82, 2.24) is 5.32 Å². The number of hydrogen-bond donors (Lipinski definition) is 1. The molecule has 0 radical (unpaired) electrons. The van der Waals surface area contributed by atoms with Gasteiger partial charge in [-0.3, -0.25) is 4.79 Å². The van der Waals surface area contributed by atoms with Crippen molar-refractivity contribution >= 4 is 5.91 Å². The molecular formula is C10H13F3N2O. The lowest BCUT2D eigenvalue weighted by Crippen LogP contribution is -2.44. The fraction of sp³-hybridized carbons (Fsp3) is 0.800. The van der Waals surface area contributed by atoms with Gasteiger partial charge in [0.05, 0.1) is 6.07 Å². The van der Waals surface area contributed by atoms with Gasteiger partial charge < -0.3 is 5.32 Å². The first-order valence-electron chi connectivity index (χ1n) is 5.18. The summed E-state index contributed by atoms with van der Waals surface area (Å²) in [4.78, 5) is 10.7. The van der Waals surface area contributed by atoms with E-state index in [4.69, 9.17) is 5.26 Å². The van der Waals surface area contributed by atoms with Crippen molar-refractivity contribution in [2.75, 3.05) is 0 Å². The number of halogens is 3. The van der Waals surface area contributed by atoms with E-state index in [0.29, 0.717) is 32.1 Å². The average molecular weight is 234 g/mol. The van der Waals surface area contributed by atoms with Gasteiger partial charge in [0.25, 0.3) is 0 Å². The lowest BCUT2D eigenvalue weighted by molar-refractivity contribution is -0.174. The fourth-order valence-corrected chi connectivity index (χ4v) is 1.91. The monoisotopic (exact) mass is 234 g/mol. The minimum Gasteiger partial charge on any atom is -0.346 e. The van der Waals surface area contributed by atoms with Gasteiger partial charge in [-0.05, 0) is 31.6 Å². The van der Waals surface area contributed by atoms with E-state index in [2.05, 4.69) is 0 Å². The number of nitriles is 1. The molecule has 1 rings (SSSR count). The molecule has 1 saturated carbocycles. The quantitative estimate of drug-likeness (QED) is 0.795. The minimum atomic E-state index is -4.80. The number of amides is 1. The Hall–Kier alpha value is -1.25. The third kappa shape index (κ3) is 3.72. The number of carbonyl (C=O) groups is 1. The van der Waals surface area contributed by atoms with Crippen LogP contribution in [0.1, 0.15) is 32.1 Å². The first-order chi connectivity index (χ1) is 7.43. The number of nitrogens with zero attached hydrogens (tertiary/aromatic N) is 1. The molecular weight excluding hydrogens is 221 g/mol. The van der Waals surface area contributed by atoms with Crippen molar-refractivity contribution < 1.29 is 18.0 Å². The molecule has 1 amide bonds. The predicted molar refractivity (Wildman–Crippen MR) is 50.2 cm³/mol. The molecule has 0 bridgehead atoms. The summed E-state index contributed by atoms with van der Waals surface area (Å²) in [5.41, 5.74) is 0. The summed E-state index contributed by atoms with van der Waals surface area (Å²) in [6, 6.07) is 1.65. The van der Waals surface area contributed by atoms with Gasteiger partial charge in [-0.1, -0.05) is 0 Å². The van der Waals surface area contributed by atoms with Crippen LogP contribution in [-0.4, -0.2) is 18.1 Å². The maximum atomic E-state index is 11.9. The summed E-state index contributed by atoms with van der Waals surface area (Å²) in [6.07, 6.45) is -1.90. The zero-order valence-corrected chi connectivity index (χ0v) is 8.68. The molecule has 90 valence electrons. The van der Waals surface area contributed by atoms with Crippen LogP contribution in [-0.2, 0) is 4.79 Å². The highest BCUT2D eigenvalue weighted by Gasteiger charge is 2.40. The van der Waals surface area contributed by atoms with E-state index in [-0.39, 0.29) is 5.92 Å². The summed E-state index contributed by atoms with van der Waals surface area (Å²) in [6.45, 7) is 0. The van der Waals surface area contributed by atoms with Gasteiger partial charge >= 0.3 is 12.1 Å². The second-order valence-electron chi connectivity index (χ2n) is 4.05. The van der Waals surface area contributed by atoms with Crippen LogP contribution in [0.15, 0.2) is 0 Å². The van der Waals surface area contributed by atoms with Gasteiger partial charge in [0.15, 0.2) is 0 Å². The standard InChI is InChI=1S/C10H13F3N2O/c11-10(12,13)9(16)15-8-3-1-7(2-4-8)5-6-14/h7-8H,1-5H2,(H,15,16). The van der Waals surface area contributed by atoms with E-state index in [1.54, 1.807) is 0 Å². The molecule has 1 N–H and O–H groups in total. The van der Waals surface area contributed by atoms with Crippen molar-refractivity contribution in [3.63, 3.8) is 0 Å². The molecule has 16 heavy (non-hydrogen) atoms. The summed E-state index contributed by atoms with van der Waals surface area (Å²) in [7, 11) is 0. The van der Waals surface area contributed by atoms with Crippen LogP contribution in [0, 0.1) is 17.2 Å². The number of alkyl halides is 3. The van der Waals surface area contributed by atoms with Crippen molar-refractivity contribution in [3.05, 3.63) is 0 Å². The van der Waals surface area contributed by atoms with Crippen LogP contribution >= 0.6 is 0 Å². The Morgan fingerprint density at radius 1 is 1.31 bits per heavy atom. The molecule has 6 heteroatoms. The zero-order chi connectivity index (χ0) is 12.2. The molecule has 0 heterocycles. The summed E-state index contributed by atoms with van der Waals surface area (Å²) < 4.78 is 35.8. The SMILES string of the molecule is N#CCC1CCC(NC(=O)C(F)(F)F)CC1. The predicted octanol–water partition coefficient (Wildman–Crippen LogP) is 2.14. The van der Waals surface area contributed by atoms with Crippen molar-refractivity contribution in [2.45, 2.75) is 44.3 Å². The van der Waals surface area contributed by atoms with E-state index >= 15 is 0 Å². The third-order valence-electron chi connectivity index (χ3n) is 2.82. The third-order valence-corrected chi connectivity index (χ3v) is 2.82. The Balaban J connectivity index is 2.33. The van der Waals surface area contributed by atoms with E-state index in [1.165, 1.54) is 0 Å². The Bertz CT molecular complexity index is 287. The molecule has 1 aliphatic rings. The number of carbonyl (C=O) groups excluding carboxylic acids is 1. The lowest BCUT2D eigenvalue weighted by Gasteiger charge is -2.28. The van der Waals surface area contributed by atoms with Gasteiger partial charge in [0, 0.05) is 12.5 Å². The molecule has 0 aromatic carbocycles. The molecule has 0 aromatic heterocycles. The van der Waals surface area contributed by atoms with Crippen molar-refractivity contribution in [2.24, 2.45) is 5.92 Å². The molecule has 0 atom stereocenters. The summed E-state index contributed by atoms with van der Waals surface area (Å²) in [5.74, 6) is -1.60. The largest absolute Gasteiger partial charge is 0.471 e. The van der Waals surface area contributed by atoms with Crippen LogP contribution in [0.4, 0.5) is 13.2 Å². The van der Waals surface area contributed by atoms with Gasteiger partial charge in [0.1, 0.15) is 0 Å². The molecule has 0 aliphatic heterocycles. The maximum Gasteiger partial charge on any atom is 0.471 e. The number of nitrogens with one attached hydrogen (secondary N) is 1. The highest BCUT2D eigenvalue weighted by atomic mass is 19.4. The van der Waals surface area contributed by atoms with Gasteiger partial charge in [-0.2, -0.15) is 18.4 Å². The second kappa shape index (κ2) is 5.19. The molecule has 1 fully saturated rings. The van der Waals surface area contributed by atoms with Crippen LogP contribution in [0.5, 0.6) is 0 Å². The molecule has 0 spiro atoms. The second-order valence-corrected chi connectivity index (χ2v) is 4.05. The molecule has 3 nitrogen and oxygen atoms in total. The topological polar surface area (TPSA) is 52.9 Å². The average Bonchev–Trinajstić information content (AvgIpc) is 2.20. The Labute approximate surface area is 91.6 Å². The van der Waals surface area contributed by atoms with Crippen molar-refractivity contribution in [3.8, 4) is 6.07 Å². The number of hydrogen-bond acceptors (Lipinski definition) is 2. The normalized spacial score (nSPS) is 25.9. The van der Waals surface area contributed by atoms with Crippen LogP contribution in [0.2, 0.25) is 0 Å². The first kappa shape index (κ1) is 12.8. The summed E-state index contributed by atoms with van der Waals surface area (Å²) in [5, 5.41) is 10.4. The highest BCUT2D eigenvalue weighted by molar-refractivity contribution is 5.81. The van der Waals surface area contributed by atoms with E-state index < -0.39 is 18.1 Å². The van der Waals surface area contributed by atoms with E-state index in [0.717, 1.165) is 0 Å². The Kier molecular flexibility index (Phi) is 4.16. The van der Waals surface area contributed by atoms with E-state index in [1.807, 2.05) is 11.4 Å². The van der Waals surface area contributed by atoms with E-state index in [9.17, 15) is 18.0 Å². The van der Waals surface area contributed by atoms with Gasteiger partial charge in [-0.15, -0.1) is 0 Å². The molecule has 0 unspecified atom stereocenters. The lowest BCUT2D eigenvalue weighted by atomic mass is 9.84.